The molecule has 38 heavy (non-hydrogen) atoms. The number of amides is 4. The van der Waals surface area contributed by atoms with Crippen molar-refractivity contribution in [2.24, 2.45) is 0 Å². The lowest BCUT2D eigenvalue weighted by atomic mass is 10.1. The minimum absolute atomic E-state index is 0.0214. The van der Waals surface area contributed by atoms with Gasteiger partial charge in [0.1, 0.15) is 17.9 Å². The van der Waals surface area contributed by atoms with Crippen molar-refractivity contribution < 1.29 is 33.5 Å². The minimum atomic E-state index is -0.857. The Labute approximate surface area is 230 Å². The third-order valence-electron chi connectivity index (χ3n) is 5.53. The maximum absolute atomic E-state index is 13.2. The van der Waals surface area contributed by atoms with Crippen LogP contribution >= 0.6 is 22.6 Å². The van der Waals surface area contributed by atoms with Gasteiger partial charge in [-0.25, -0.2) is 9.69 Å². The number of barbiturate groups is 1. The second kappa shape index (κ2) is 11.3. The summed E-state index contributed by atoms with van der Waals surface area (Å²) in [6.07, 6.45) is 1.37. The number of imide groups is 2. The van der Waals surface area contributed by atoms with E-state index in [1.165, 1.54) is 44.6 Å². The number of halogens is 1. The number of carbonyl (C=O) groups excluding carboxylic acids is 3. The number of ether oxygens (including phenoxy) is 3. The van der Waals surface area contributed by atoms with Gasteiger partial charge in [-0.3, -0.25) is 25.0 Å². The molecule has 1 aliphatic heterocycles. The largest absolute Gasteiger partial charge is 0.497 e. The lowest BCUT2D eigenvalue weighted by Gasteiger charge is -2.26. The van der Waals surface area contributed by atoms with Crippen molar-refractivity contribution in [1.82, 2.24) is 5.32 Å². The first-order valence-corrected chi connectivity index (χ1v) is 12.1. The summed E-state index contributed by atoms with van der Waals surface area (Å²) in [6.45, 7) is 0.130. The molecule has 0 bridgehead atoms. The quantitative estimate of drug-likeness (QED) is 0.127. The van der Waals surface area contributed by atoms with Gasteiger partial charge in [-0.2, -0.15) is 0 Å². The molecule has 0 radical (unpaired) electrons. The van der Waals surface area contributed by atoms with E-state index in [1.54, 1.807) is 36.4 Å². The summed E-state index contributed by atoms with van der Waals surface area (Å²) in [5, 5.41) is 13.0. The van der Waals surface area contributed by atoms with Gasteiger partial charge in [-0.15, -0.1) is 0 Å². The van der Waals surface area contributed by atoms with E-state index in [9.17, 15) is 24.5 Å². The van der Waals surface area contributed by atoms with Crippen LogP contribution in [0.3, 0.4) is 0 Å². The zero-order valence-electron chi connectivity index (χ0n) is 20.1. The number of carbonyl (C=O) groups is 3. The third-order valence-corrected chi connectivity index (χ3v) is 6.33. The molecule has 0 unspecified atom stereocenters. The number of anilines is 1. The Morgan fingerprint density at radius 2 is 1.68 bits per heavy atom. The Balaban J connectivity index is 1.59. The Bertz CT molecular complexity index is 1450. The highest BCUT2D eigenvalue weighted by atomic mass is 127. The number of nitrogens with zero attached hydrogens (tertiary/aromatic N) is 2. The zero-order valence-corrected chi connectivity index (χ0v) is 22.3. The number of rotatable bonds is 8. The number of methoxy groups -OCH3 is 2. The average Bonchev–Trinajstić information content (AvgIpc) is 2.90. The van der Waals surface area contributed by atoms with Crippen molar-refractivity contribution in [3.8, 4) is 17.2 Å². The molecule has 4 rings (SSSR count). The van der Waals surface area contributed by atoms with Crippen LogP contribution in [0, 0.1) is 13.7 Å². The predicted molar refractivity (Wildman–Crippen MR) is 145 cm³/mol. The smallest absolute Gasteiger partial charge is 0.335 e. The van der Waals surface area contributed by atoms with Crippen LogP contribution in [0.25, 0.3) is 6.08 Å². The number of nitro benzene ring substituents is 1. The summed E-state index contributed by atoms with van der Waals surface area (Å²) in [5.41, 5.74) is 1.20. The summed E-state index contributed by atoms with van der Waals surface area (Å²) >= 11 is 2.03. The second-order valence-corrected chi connectivity index (χ2v) is 9.06. The van der Waals surface area contributed by atoms with Gasteiger partial charge >= 0.3 is 6.03 Å². The van der Waals surface area contributed by atoms with Crippen LogP contribution < -0.4 is 24.4 Å². The molecular formula is C26H20IN3O8. The highest BCUT2D eigenvalue weighted by Gasteiger charge is 2.37. The molecule has 12 heteroatoms. The highest BCUT2D eigenvalue weighted by Crippen LogP contribution is 2.36. The van der Waals surface area contributed by atoms with Crippen molar-refractivity contribution in [3.05, 3.63) is 91.0 Å². The van der Waals surface area contributed by atoms with Crippen LogP contribution in [0.1, 0.15) is 11.1 Å². The van der Waals surface area contributed by atoms with Crippen molar-refractivity contribution in [1.29, 1.82) is 0 Å². The molecule has 1 saturated heterocycles. The molecule has 194 valence electrons. The van der Waals surface area contributed by atoms with E-state index in [0.29, 0.717) is 31.9 Å². The minimum Gasteiger partial charge on any atom is -0.497 e. The molecule has 0 aromatic heterocycles. The summed E-state index contributed by atoms with van der Waals surface area (Å²) in [7, 11) is 2.94. The molecular weight excluding hydrogens is 609 g/mol. The molecule has 0 saturated carbocycles. The maximum atomic E-state index is 13.2. The predicted octanol–water partition coefficient (Wildman–Crippen LogP) is 4.46. The Kier molecular flexibility index (Phi) is 7.90. The van der Waals surface area contributed by atoms with Crippen molar-refractivity contribution >= 4 is 57.9 Å². The number of benzene rings is 3. The van der Waals surface area contributed by atoms with Crippen LogP contribution in [0.5, 0.6) is 17.2 Å². The van der Waals surface area contributed by atoms with E-state index in [4.69, 9.17) is 14.2 Å². The van der Waals surface area contributed by atoms with E-state index in [1.807, 2.05) is 22.6 Å². The molecule has 0 aliphatic carbocycles. The van der Waals surface area contributed by atoms with Crippen LogP contribution in [-0.4, -0.2) is 37.0 Å². The van der Waals surface area contributed by atoms with E-state index < -0.39 is 22.8 Å². The van der Waals surface area contributed by atoms with E-state index >= 15 is 0 Å². The summed E-state index contributed by atoms with van der Waals surface area (Å²) in [4.78, 5) is 49.4. The van der Waals surface area contributed by atoms with Crippen LogP contribution in [0.4, 0.5) is 16.2 Å². The van der Waals surface area contributed by atoms with Gasteiger partial charge in [-0.1, -0.05) is 0 Å². The van der Waals surface area contributed by atoms with Crippen LogP contribution in [0.2, 0.25) is 0 Å². The van der Waals surface area contributed by atoms with E-state index in [0.717, 1.165) is 4.90 Å². The number of nitro groups is 1. The molecule has 3 aromatic carbocycles. The maximum Gasteiger partial charge on any atom is 0.335 e. The standard InChI is InChI=1S/C26H20IN3O8/c1-36-19-9-7-17(8-10-19)29-25(32)20(24(31)28-26(29)33)11-16-12-21(27)23(22(13-16)37-2)38-14-15-3-5-18(6-4-15)30(34)35/h3-13H,14H2,1-2H3,(H,28,31,33)/b20-11+. The van der Waals surface area contributed by atoms with Crippen molar-refractivity contribution in [2.45, 2.75) is 6.61 Å². The highest BCUT2D eigenvalue weighted by molar-refractivity contribution is 14.1. The first-order chi connectivity index (χ1) is 18.2. The number of urea groups is 1. The fraction of sp³-hybridized carbons (Fsp3) is 0.115. The first kappa shape index (κ1) is 26.6. The topological polar surface area (TPSA) is 137 Å². The fourth-order valence-electron chi connectivity index (χ4n) is 3.62. The Morgan fingerprint density at radius 1 is 1.00 bits per heavy atom. The van der Waals surface area contributed by atoms with Gasteiger partial charge in [-0.05, 0) is 88.3 Å². The van der Waals surface area contributed by atoms with Gasteiger partial charge in [0.2, 0.25) is 0 Å². The van der Waals surface area contributed by atoms with Gasteiger partial charge in [0.15, 0.2) is 11.5 Å². The van der Waals surface area contributed by atoms with E-state index in [-0.39, 0.29) is 23.6 Å². The molecule has 1 N–H and O–H groups in total. The number of hydrogen-bond acceptors (Lipinski definition) is 8. The lowest BCUT2D eigenvalue weighted by Crippen LogP contribution is -2.54. The van der Waals surface area contributed by atoms with Crippen molar-refractivity contribution in [2.75, 3.05) is 19.1 Å². The summed E-state index contributed by atoms with van der Waals surface area (Å²) in [5.74, 6) is -0.294. The average molecular weight is 629 g/mol. The summed E-state index contributed by atoms with van der Waals surface area (Å²) in [6, 6.07) is 14.7. The molecule has 1 heterocycles. The molecule has 11 nitrogen and oxygen atoms in total. The van der Waals surface area contributed by atoms with E-state index in [2.05, 4.69) is 5.32 Å². The Hall–Kier alpha value is -4.46. The third kappa shape index (κ3) is 5.59. The second-order valence-electron chi connectivity index (χ2n) is 7.90. The number of nitrogens with one attached hydrogen (secondary N) is 1. The van der Waals surface area contributed by atoms with Gasteiger partial charge in [0.05, 0.1) is 28.4 Å². The molecule has 0 atom stereocenters. The van der Waals surface area contributed by atoms with Gasteiger partial charge in [0, 0.05) is 12.1 Å². The Morgan fingerprint density at radius 3 is 2.29 bits per heavy atom. The van der Waals surface area contributed by atoms with Crippen molar-refractivity contribution in [3.63, 3.8) is 0 Å². The van der Waals surface area contributed by atoms with Gasteiger partial charge in [0.25, 0.3) is 17.5 Å². The first-order valence-electron chi connectivity index (χ1n) is 11.0. The molecule has 0 spiro atoms. The lowest BCUT2D eigenvalue weighted by molar-refractivity contribution is -0.384. The molecule has 1 aliphatic rings. The number of non-ortho nitro benzene ring substituents is 1. The monoisotopic (exact) mass is 629 g/mol. The van der Waals surface area contributed by atoms with Crippen LogP contribution in [0.15, 0.2) is 66.2 Å². The van der Waals surface area contributed by atoms with Crippen LogP contribution in [-0.2, 0) is 16.2 Å². The fourth-order valence-corrected chi connectivity index (χ4v) is 4.40. The summed E-state index contributed by atoms with van der Waals surface area (Å²) < 4.78 is 17.1. The molecule has 3 aromatic rings. The van der Waals surface area contributed by atoms with Gasteiger partial charge < -0.3 is 14.2 Å². The normalized spacial score (nSPS) is 14.3. The zero-order chi connectivity index (χ0) is 27.4. The molecule has 4 amide bonds. The SMILES string of the molecule is COc1ccc(N2C(=O)NC(=O)/C(=C\c3cc(I)c(OCc4ccc([N+](=O)[O-])cc4)c(OC)c3)C2=O)cc1. The molecule has 1 fully saturated rings. The number of hydrogen-bond donors (Lipinski definition) is 1.